The molecule has 4 nitrogen and oxygen atoms in total. The van der Waals surface area contributed by atoms with Gasteiger partial charge in [-0.25, -0.2) is 0 Å². The normalized spacial score (nSPS) is 19.7. The highest BCUT2D eigenvalue weighted by Gasteiger charge is 2.18. The molecule has 2 aliphatic rings. The van der Waals surface area contributed by atoms with Gasteiger partial charge in [-0.2, -0.15) is 0 Å². The summed E-state index contributed by atoms with van der Waals surface area (Å²) < 4.78 is 3.61. The fraction of sp³-hybridized carbons (Fsp3) is 0.650. The zero-order valence-corrected chi connectivity index (χ0v) is 15.8. The average molecular weight is 360 g/mol. The maximum atomic E-state index is 12.4. The molecule has 4 rings (SSSR count). The number of rotatable bonds is 6. The average Bonchev–Trinajstić information content (AvgIpc) is 3.34. The fourth-order valence-electron chi connectivity index (χ4n) is 4.25. The Morgan fingerprint density at radius 1 is 1.12 bits per heavy atom. The third-order valence-electron chi connectivity index (χ3n) is 5.70. The lowest BCUT2D eigenvalue weighted by atomic mass is 10.1. The van der Waals surface area contributed by atoms with E-state index < -0.39 is 0 Å². The van der Waals surface area contributed by atoms with Gasteiger partial charge in [-0.1, -0.05) is 19.3 Å². The number of likely N-dealkylation sites (tertiary alicyclic amines) is 1. The zero-order valence-electron chi connectivity index (χ0n) is 15.0. The van der Waals surface area contributed by atoms with E-state index in [0.29, 0.717) is 6.04 Å². The van der Waals surface area contributed by atoms with Crippen LogP contribution in [0.15, 0.2) is 18.5 Å². The summed E-state index contributed by atoms with van der Waals surface area (Å²) in [5.41, 5.74) is 0. The number of carbonyl (C=O) groups is 1. The zero-order chi connectivity index (χ0) is 17.1. The van der Waals surface area contributed by atoms with Crippen LogP contribution in [-0.2, 0) is 0 Å². The van der Waals surface area contributed by atoms with Crippen molar-refractivity contribution < 1.29 is 4.79 Å². The Bertz CT molecular complexity index is 676. The molecule has 1 saturated carbocycles. The number of amides is 1. The molecule has 0 radical (unpaired) electrons. The second kappa shape index (κ2) is 7.92. The van der Waals surface area contributed by atoms with Gasteiger partial charge in [-0.05, 0) is 57.8 Å². The number of fused-ring (bicyclic) bond motifs is 1. The van der Waals surface area contributed by atoms with E-state index in [1.165, 1.54) is 68.1 Å². The van der Waals surface area contributed by atoms with E-state index in [4.69, 9.17) is 0 Å². The van der Waals surface area contributed by atoms with Gasteiger partial charge in [0.15, 0.2) is 0 Å². The van der Waals surface area contributed by atoms with Gasteiger partial charge < -0.3 is 14.8 Å². The van der Waals surface area contributed by atoms with E-state index in [1.54, 1.807) is 11.3 Å². The summed E-state index contributed by atoms with van der Waals surface area (Å²) in [7, 11) is 0. The maximum absolute atomic E-state index is 12.4. The number of nitrogens with one attached hydrogen (secondary N) is 1. The molecule has 0 unspecified atom stereocenters. The third-order valence-corrected chi connectivity index (χ3v) is 6.79. The molecule has 5 heteroatoms. The largest absolute Gasteiger partial charge is 0.351 e. The van der Waals surface area contributed by atoms with Crippen molar-refractivity contribution in [2.45, 2.75) is 57.4 Å². The lowest BCUT2D eigenvalue weighted by Crippen LogP contribution is -2.33. The Kier molecular flexibility index (Phi) is 5.42. The van der Waals surface area contributed by atoms with Crippen LogP contribution in [0.25, 0.3) is 10.1 Å². The lowest BCUT2D eigenvalue weighted by molar-refractivity contribution is 0.0955. The minimum Gasteiger partial charge on any atom is -0.351 e. The molecule has 0 bridgehead atoms. The topological polar surface area (TPSA) is 37.3 Å². The molecule has 1 aliphatic carbocycles. The molecule has 2 aromatic heterocycles. The van der Waals surface area contributed by atoms with Crippen molar-refractivity contribution in [2.24, 2.45) is 0 Å². The Morgan fingerprint density at radius 3 is 2.68 bits per heavy atom. The van der Waals surface area contributed by atoms with Gasteiger partial charge in [0.25, 0.3) is 5.91 Å². The van der Waals surface area contributed by atoms with Crippen molar-refractivity contribution in [2.75, 3.05) is 26.2 Å². The van der Waals surface area contributed by atoms with Gasteiger partial charge in [-0.15, -0.1) is 11.3 Å². The van der Waals surface area contributed by atoms with Gasteiger partial charge in [0.2, 0.25) is 0 Å². The minimum absolute atomic E-state index is 0.0901. The van der Waals surface area contributed by atoms with Crippen LogP contribution in [0.4, 0.5) is 0 Å². The summed E-state index contributed by atoms with van der Waals surface area (Å²) in [6.07, 6.45) is 14.9. The molecule has 136 valence electrons. The monoisotopic (exact) mass is 359 g/mol. The first-order valence-electron chi connectivity index (χ1n) is 9.91. The van der Waals surface area contributed by atoms with Crippen LogP contribution in [0.3, 0.4) is 0 Å². The maximum Gasteiger partial charge on any atom is 0.261 e. The third kappa shape index (κ3) is 4.09. The van der Waals surface area contributed by atoms with Crippen LogP contribution < -0.4 is 5.32 Å². The number of aromatic nitrogens is 1. The van der Waals surface area contributed by atoms with Crippen LogP contribution in [0, 0.1) is 0 Å². The smallest absolute Gasteiger partial charge is 0.261 e. The van der Waals surface area contributed by atoms with E-state index in [2.05, 4.69) is 33.2 Å². The van der Waals surface area contributed by atoms with Gasteiger partial charge in [0, 0.05) is 30.4 Å². The van der Waals surface area contributed by atoms with Crippen molar-refractivity contribution in [3.05, 3.63) is 23.3 Å². The second-order valence-electron chi connectivity index (χ2n) is 7.59. The number of hydrogen-bond acceptors (Lipinski definition) is 3. The van der Waals surface area contributed by atoms with Crippen molar-refractivity contribution >= 4 is 27.3 Å². The van der Waals surface area contributed by atoms with E-state index in [1.807, 2.05) is 0 Å². The Labute approximate surface area is 154 Å². The molecule has 1 aliphatic heterocycles. The van der Waals surface area contributed by atoms with E-state index >= 15 is 0 Å². The first-order valence-corrected chi connectivity index (χ1v) is 10.7. The first kappa shape index (κ1) is 17.1. The van der Waals surface area contributed by atoms with Crippen LogP contribution in [0.2, 0.25) is 0 Å². The molecule has 0 atom stereocenters. The van der Waals surface area contributed by atoms with Crippen LogP contribution in [0.5, 0.6) is 0 Å². The van der Waals surface area contributed by atoms with Crippen LogP contribution in [-0.4, -0.2) is 41.6 Å². The van der Waals surface area contributed by atoms with Crippen molar-refractivity contribution in [3.8, 4) is 0 Å². The number of hydrogen-bond donors (Lipinski definition) is 1. The number of piperidine rings is 1. The van der Waals surface area contributed by atoms with Crippen molar-refractivity contribution in [3.63, 3.8) is 0 Å². The Morgan fingerprint density at radius 2 is 1.92 bits per heavy atom. The molecule has 1 amide bonds. The summed E-state index contributed by atoms with van der Waals surface area (Å²) in [6, 6.07) is 2.73. The van der Waals surface area contributed by atoms with E-state index in [0.717, 1.165) is 24.4 Å². The molecule has 2 aromatic rings. The van der Waals surface area contributed by atoms with Gasteiger partial charge >= 0.3 is 0 Å². The van der Waals surface area contributed by atoms with E-state index in [-0.39, 0.29) is 5.91 Å². The second-order valence-corrected chi connectivity index (χ2v) is 8.67. The molecule has 1 saturated heterocycles. The highest BCUT2D eigenvalue weighted by atomic mass is 32.1. The van der Waals surface area contributed by atoms with E-state index in [9.17, 15) is 4.79 Å². The summed E-state index contributed by atoms with van der Waals surface area (Å²) in [5, 5.41) is 4.31. The molecule has 3 heterocycles. The van der Waals surface area contributed by atoms with Gasteiger partial charge in [-0.3, -0.25) is 4.79 Å². The Balaban J connectivity index is 1.27. The van der Waals surface area contributed by atoms with Gasteiger partial charge in [0.05, 0.1) is 9.58 Å². The molecule has 25 heavy (non-hydrogen) atoms. The molecule has 0 aromatic carbocycles. The summed E-state index contributed by atoms with van der Waals surface area (Å²) in [6.45, 7) is 4.35. The Hall–Kier alpha value is -1.33. The highest BCUT2D eigenvalue weighted by molar-refractivity contribution is 7.20. The summed E-state index contributed by atoms with van der Waals surface area (Å²) >= 11 is 1.63. The molecule has 0 spiro atoms. The highest BCUT2D eigenvalue weighted by Crippen LogP contribution is 2.34. The fourth-order valence-corrected chi connectivity index (χ4v) is 5.25. The molecular formula is C20H29N3OS. The van der Waals surface area contributed by atoms with Crippen LogP contribution in [0.1, 0.15) is 67.1 Å². The van der Waals surface area contributed by atoms with Gasteiger partial charge in [0.1, 0.15) is 0 Å². The number of thiophene rings is 1. The molecular weight excluding hydrogens is 330 g/mol. The number of nitrogens with zero attached hydrogens (tertiary/aromatic N) is 2. The van der Waals surface area contributed by atoms with Crippen LogP contribution >= 0.6 is 11.3 Å². The summed E-state index contributed by atoms with van der Waals surface area (Å²) in [5.74, 6) is 0.0901. The summed E-state index contributed by atoms with van der Waals surface area (Å²) in [4.78, 5) is 15.8. The SMILES string of the molecule is O=C(NCCCN1CCCCC1)c1cc2cn(C3CCCC3)cc2s1. The lowest BCUT2D eigenvalue weighted by Gasteiger charge is -2.26. The molecule has 1 N–H and O–H groups in total. The van der Waals surface area contributed by atoms with Crippen molar-refractivity contribution in [1.29, 1.82) is 0 Å². The minimum atomic E-state index is 0.0901. The molecule has 2 fully saturated rings. The quantitative estimate of drug-likeness (QED) is 0.775. The standard InChI is InChI=1S/C20H29N3OS/c24-20(21-9-6-12-22-10-4-1-5-11-22)18-13-16-14-23(15-19(16)25-18)17-7-2-3-8-17/h13-15,17H,1-12H2,(H,21,24). The first-order chi connectivity index (χ1) is 12.3. The van der Waals surface area contributed by atoms with Crippen molar-refractivity contribution in [1.82, 2.24) is 14.8 Å². The number of carbonyl (C=O) groups excluding carboxylic acids is 1. The predicted molar refractivity (Wildman–Crippen MR) is 105 cm³/mol. The predicted octanol–water partition coefficient (Wildman–Crippen LogP) is 4.42.